The predicted octanol–water partition coefficient (Wildman–Crippen LogP) is 4.57. The van der Waals surface area contributed by atoms with Crippen molar-refractivity contribution >= 4 is 46.1 Å². The SMILES string of the molecule is C[Si](C)(C)CCOC(=O)NCCCOc1cc(OCCCNC(=O)OCC[Si](C)(C)C)cc(C(=O)ON2C(=O)CCC2=O)c1. The number of hydrogen-bond donors (Lipinski definition) is 2. The Morgan fingerprint density at radius 1 is 0.705 bits per heavy atom. The average molecular weight is 654 g/mol. The van der Waals surface area contributed by atoms with Crippen molar-refractivity contribution in [3.63, 3.8) is 0 Å². The first kappa shape index (κ1) is 36.6. The smallest absolute Gasteiger partial charge is 0.407 e. The van der Waals surface area contributed by atoms with Crippen LogP contribution in [-0.4, -0.2) is 90.7 Å². The van der Waals surface area contributed by atoms with E-state index in [1.54, 1.807) is 6.07 Å². The summed E-state index contributed by atoms with van der Waals surface area (Å²) in [6, 6.07) is 6.18. The van der Waals surface area contributed by atoms with Crippen molar-refractivity contribution in [1.29, 1.82) is 0 Å². The molecule has 1 aromatic carbocycles. The number of nitrogens with zero attached hydrogens (tertiary/aromatic N) is 1. The first-order valence-corrected chi connectivity index (χ1v) is 22.3. The van der Waals surface area contributed by atoms with Crippen LogP contribution in [0.15, 0.2) is 18.2 Å². The van der Waals surface area contributed by atoms with E-state index in [-0.39, 0.29) is 43.1 Å². The molecule has 0 spiro atoms. The van der Waals surface area contributed by atoms with Gasteiger partial charge in [0.25, 0.3) is 11.8 Å². The van der Waals surface area contributed by atoms with Gasteiger partial charge in [0.05, 0.1) is 32.0 Å². The number of rotatable bonds is 18. The van der Waals surface area contributed by atoms with Crippen molar-refractivity contribution in [1.82, 2.24) is 15.7 Å². The van der Waals surface area contributed by atoms with E-state index in [0.717, 1.165) is 12.1 Å². The van der Waals surface area contributed by atoms with Crippen LogP contribution in [0, 0.1) is 0 Å². The van der Waals surface area contributed by atoms with Gasteiger partial charge in [0, 0.05) is 48.1 Å². The van der Waals surface area contributed by atoms with Crippen LogP contribution in [0.1, 0.15) is 36.0 Å². The summed E-state index contributed by atoms with van der Waals surface area (Å²) < 4.78 is 22.0. The maximum atomic E-state index is 12.8. The summed E-state index contributed by atoms with van der Waals surface area (Å²) in [6.07, 6.45) is -0.0880. The molecular weight excluding hydrogens is 607 g/mol. The lowest BCUT2D eigenvalue weighted by Crippen LogP contribution is -2.32. The Labute approximate surface area is 261 Å². The van der Waals surface area contributed by atoms with Crippen molar-refractivity contribution < 1.29 is 47.8 Å². The van der Waals surface area contributed by atoms with Crippen LogP contribution in [0.3, 0.4) is 0 Å². The number of nitrogens with one attached hydrogen (secondary N) is 2. The number of benzene rings is 1. The molecule has 15 heteroatoms. The fraction of sp³-hybridized carbons (Fsp3) is 0.621. The molecule has 1 fully saturated rings. The molecule has 0 unspecified atom stereocenters. The maximum absolute atomic E-state index is 12.8. The number of hydroxylamine groups is 2. The quantitative estimate of drug-likeness (QED) is 0.131. The highest BCUT2D eigenvalue weighted by molar-refractivity contribution is 6.76. The summed E-state index contributed by atoms with van der Waals surface area (Å²) in [5.74, 6) is -1.53. The summed E-state index contributed by atoms with van der Waals surface area (Å²) in [6.45, 7) is 15.1. The van der Waals surface area contributed by atoms with Gasteiger partial charge >= 0.3 is 18.2 Å². The van der Waals surface area contributed by atoms with Crippen LogP contribution in [0.5, 0.6) is 11.5 Å². The maximum Gasteiger partial charge on any atom is 0.407 e. The third-order valence-electron chi connectivity index (χ3n) is 6.18. The van der Waals surface area contributed by atoms with Crippen LogP contribution in [0.4, 0.5) is 9.59 Å². The third kappa shape index (κ3) is 15.2. The highest BCUT2D eigenvalue weighted by Gasteiger charge is 2.33. The zero-order chi connectivity index (χ0) is 32.8. The summed E-state index contributed by atoms with van der Waals surface area (Å²) in [5, 5.41) is 5.83. The van der Waals surface area contributed by atoms with E-state index in [1.807, 2.05) is 0 Å². The van der Waals surface area contributed by atoms with Crippen LogP contribution >= 0.6 is 0 Å². The fourth-order valence-electron chi connectivity index (χ4n) is 3.56. The van der Waals surface area contributed by atoms with Gasteiger partial charge in [-0.2, -0.15) is 0 Å². The number of amides is 4. The van der Waals surface area contributed by atoms with Gasteiger partial charge in [0.1, 0.15) is 11.5 Å². The van der Waals surface area contributed by atoms with E-state index in [0.29, 0.717) is 44.2 Å². The largest absolute Gasteiger partial charge is 0.493 e. The first-order chi connectivity index (χ1) is 20.6. The van der Waals surface area contributed by atoms with E-state index >= 15 is 0 Å². The molecule has 0 radical (unpaired) electrons. The molecule has 0 aromatic heterocycles. The molecule has 13 nitrogen and oxygen atoms in total. The van der Waals surface area contributed by atoms with Crippen molar-refractivity contribution in [2.75, 3.05) is 39.5 Å². The van der Waals surface area contributed by atoms with E-state index in [2.05, 4.69) is 49.9 Å². The van der Waals surface area contributed by atoms with Crippen molar-refractivity contribution in [3.8, 4) is 11.5 Å². The minimum Gasteiger partial charge on any atom is -0.493 e. The van der Waals surface area contributed by atoms with Gasteiger partial charge in [0.15, 0.2) is 0 Å². The lowest BCUT2D eigenvalue weighted by Gasteiger charge is -2.16. The second-order valence-corrected chi connectivity index (χ2v) is 24.0. The monoisotopic (exact) mass is 653 g/mol. The van der Waals surface area contributed by atoms with Gasteiger partial charge in [-0.1, -0.05) is 39.3 Å². The predicted molar refractivity (Wildman–Crippen MR) is 168 cm³/mol. The molecule has 1 aromatic rings. The molecule has 2 rings (SSSR count). The minimum atomic E-state index is -1.29. The first-order valence-electron chi connectivity index (χ1n) is 14.9. The van der Waals surface area contributed by atoms with Crippen LogP contribution in [-0.2, 0) is 23.9 Å². The highest BCUT2D eigenvalue weighted by Crippen LogP contribution is 2.25. The average Bonchev–Trinajstić information content (AvgIpc) is 3.23. The van der Waals surface area contributed by atoms with E-state index in [4.69, 9.17) is 23.8 Å². The molecule has 2 N–H and O–H groups in total. The van der Waals surface area contributed by atoms with E-state index in [1.165, 1.54) is 12.1 Å². The number of ether oxygens (including phenoxy) is 4. The standard InChI is InChI=1S/C29H47N3O10Si2/c1-43(2,3)17-15-40-28(36)30-11-7-13-38-23-19-22(27(35)42-32-25(33)9-10-26(32)34)20-24(21-23)39-14-8-12-31-29(37)41-16-18-44(4,5)6/h19-21H,7-18H2,1-6H3,(H,30,36)(H,31,37). The molecule has 0 atom stereocenters. The van der Waals surface area contributed by atoms with E-state index < -0.39 is 46.1 Å². The van der Waals surface area contributed by atoms with Crippen LogP contribution < -0.4 is 20.1 Å². The van der Waals surface area contributed by atoms with Gasteiger partial charge in [0.2, 0.25) is 0 Å². The van der Waals surface area contributed by atoms with Crippen LogP contribution in [0.25, 0.3) is 0 Å². The number of imide groups is 1. The third-order valence-corrected chi connectivity index (χ3v) is 9.59. The molecular formula is C29H47N3O10Si2. The summed E-state index contributed by atoms with van der Waals surface area (Å²) in [4.78, 5) is 65.4. The highest BCUT2D eigenvalue weighted by atomic mass is 28.3. The number of hydrogen-bond acceptors (Lipinski definition) is 10. The fourth-order valence-corrected chi connectivity index (χ4v) is 4.99. The zero-order valence-corrected chi connectivity index (χ0v) is 28.7. The Morgan fingerprint density at radius 3 is 1.55 bits per heavy atom. The van der Waals surface area contributed by atoms with Gasteiger partial charge in [-0.25, -0.2) is 14.4 Å². The molecule has 0 aliphatic carbocycles. The molecule has 1 heterocycles. The van der Waals surface area contributed by atoms with E-state index in [9.17, 15) is 24.0 Å². The Bertz CT molecular complexity index is 1070. The summed E-state index contributed by atoms with van der Waals surface area (Å²) >= 11 is 0. The van der Waals surface area contributed by atoms with Crippen molar-refractivity contribution in [3.05, 3.63) is 23.8 Å². The summed E-state index contributed by atoms with van der Waals surface area (Å²) in [7, 11) is -2.59. The molecule has 1 aliphatic heterocycles. The minimum absolute atomic E-state index is 0.0122. The molecule has 0 saturated carbocycles. The molecule has 246 valence electrons. The van der Waals surface area contributed by atoms with Crippen molar-refractivity contribution in [2.24, 2.45) is 0 Å². The Kier molecular flexibility index (Phi) is 14.7. The second-order valence-electron chi connectivity index (χ2n) is 12.8. The lowest BCUT2D eigenvalue weighted by atomic mass is 10.2. The Hall–Kier alpha value is -3.60. The normalized spacial score (nSPS) is 13.4. The Balaban J connectivity index is 1.88. The van der Waals surface area contributed by atoms with Gasteiger partial charge in [-0.05, 0) is 37.1 Å². The number of carbonyl (C=O) groups excluding carboxylic acids is 5. The topological polar surface area (TPSA) is 159 Å². The lowest BCUT2D eigenvalue weighted by molar-refractivity contribution is -0.172. The molecule has 1 saturated heterocycles. The van der Waals surface area contributed by atoms with Crippen LogP contribution in [0.2, 0.25) is 51.4 Å². The van der Waals surface area contributed by atoms with Gasteiger partial charge in [-0.3, -0.25) is 9.59 Å². The molecule has 0 bridgehead atoms. The summed E-state index contributed by atoms with van der Waals surface area (Å²) in [5.41, 5.74) is 0.0122. The second kappa shape index (κ2) is 17.6. The van der Waals surface area contributed by atoms with Crippen molar-refractivity contribution in [2.45, 2.75) is 77.1 Å². The zero-order valence-electron chi connectivity index (χ0n) is 26.7. The molecule has 44 heavy (non-hydrogen) atoms. The molecule has 1 aliphatic rings. The molecule has 4 amide bonds. The Morgan fingerprint density at radius 2 is 1.14 bits per heavy atom. The number of carbonyl (C=O) groups is 5. The van der Waals surface area contributed by atoms with Gasteiger partial charge in [-0.15, -0.1) is 5.06 Å². The van der Waals surface area contributed by atoms with Gasteiger partial charge < -0.3 is 34.4 Å². The number of alkyl carbamates (subject to hydrolysis) is 2.